The molecule has 0 amide bonds. The van der Waals surface area contributed by atoms with Crippen LogP contribution in [0.3, 0.4) is 0 Å². The van der Waals surface area contributed by atoms with E-state index in [1.807, 2.05) is 18.2 Å². The van der Waals surface area contributed by atoms with Crippen LogP contribution in [0, 0.1) is 0 Å². The molecule has 148 valence electrons. The number of likely N-dealkylation sites (N-methyl/N-ethyl adjacent to an activating group) is 1. The minimum atomic E-state index is 0. The first-order valence-electron chi connectivity index (χ1n) is 9.28. The van der Waals surface area contributed by atoms with Crippen LogP contribution < -0.4 is 10.6 Å². The minimum absolute atomic E-state index is 0. The van der Waals surface area contributed by atoms with Crippen molar-refractivity contribution in [2.75, 3.05) is 52.9 Å². The number of piperazine rings is 1. The first-order valence-corrected chi connectivity index (χ1v) is 9.66. The Balaban J connectivity index is 0.00000338. The number of guanidine groups is 1. The van der Waals surface area contributed by atoms with Gasteiger partial charge in [-0.25, -0.2) is 0 Å². The summed E-state index contributed by atoms with van der Waals surface area (Å²) in [5.41, 5.74) is 1.17. The summed E-state index contributed by atoms with van der Waals surface area (Å²) in [5, 5.41) is 7.57. The van der Waals surface area contributed by atoms with Gasteiger partial charge >= 0.3 is 0 Å². The highest BCUT2D eigenvalue weighted by atomic mass is 127. The van der Waals surface area contributed by atoms with Crippen molar-refractivity contribution in [3.05, 3.63) is 34.9 Å². The monoisotopic (exact) mass is 493 g/mol. The van der Waals surface area contributed by atoms with Gasteiger partial charge in [-0.15, -0.1) is 24.0 Å². The lowest BCUT2D eigenvalue weighted by atomic mass is 10.1. The molecule has 5 nitrogen and oxygen atoms in total. The van der Waals surface area contributed by atoms with Crippen LogP contribution in [0.25, 0.3) is 0 Å². The molecule has 1 aromatic carbocycles. The van der Waals surface area contributed by atoms with Crippen molar-refractivity contribution < 1.29 is 0 Å². The van der Waals surface area contributed by atoms with E-state index in [9.17, 15) is 0 Å². The lowest BCUT2D eigenvalue weighted by Gasteiger charge is -2.35. The average Bonchev–Trinajstić information content (AvgIpc) is 2.61. The molecule has 7 heteroatoms. The summed E-state index contributed by atoms with van der Waals surface area (Å²) in [7, 11) is 2.19. The molecule has 0 radical (unpaired) electrons. The number of hydrogen-bond donors (Lipinski definition) is 2. The maximum absolute atomic E-state index is 6.22. The van der Waals surface area contributed by atoms with Crippen molar-refractivity contribution in [2.45, 2.75) is 26.3 Å². The third-order valence-corrected chi connectivity index (χ3v) is 5.03. The van der Waals surface area contributed by atoms with Crippen molar-refractivity contribution >= 4 is 41.5 Å². The standard InChI is InChI=1S/C19H32ClN5.HI/c1-4-21-19(22-10-9-17-7-5-6-8-18(17)20)23-15-16(2)25-13-11-24(3)12-14-25;/h5-8,16H,4,9-15H2,1-3H3,(H2,21,22,23);1H. The Bertz CT molecular complexity index is 546. The lowest BCUT2D eigenvalue weighted by molar-refractivity contribution is 0.122. The Kier molecular flexibility index (Phi) is 11.5. The molecule has 2 rings (SSSR count). The van der Waals surface area contributed by atoms with Crippen LogP contribution in [-0.2, 0) is 6.42 Å². The van der Waals surface area contributed by atoms with Gasteiger partial charge in [0.25, 0.3) is 0 Å². The molecule has 0 spiro atoms. The summed E-state index contributed by atoms with van der Waals surface area (Å²) in [6.45, 7) is 11.4. The highest BCUT2D eigenvalue weighted by molar-refractivity contribution is 14.0. The molecule has 0 aliphatic carbocycles. The molecule has 1 heterocycles. The summed E-state index contributed by atoms with van der Waals surface area (Å²) in [6.07, 6.45) is 0.887. The normalized spacial score (nSPS) is 17.5. The molecule has 2 N–H and O–H groups in total. The molecule has 1 aliphatic heterocycles. The smallest absolute Gasteiger partial charge is 0.191 e. The van der Waals surface area contributed by atoms with E-state index >= 15 is 0 Å². The first kappa shape index (κ1) is 23.5. The minimum Gasteiger partial charge on any atom is -0.357 e. The molecule has 0 saturated carbocycles. The van der Waals surface area contributed by atoms with E-state index in [2.05, 4.69) is 47.4 Å². The van der Waals surface area contributed by atoms with Crippen molar-refractivity contribution in [3.63, 3.8) is 0 Å². The van der Waals surface area contributed by atoms with E-state index in [-0.39, 0.29) is 24.0 Å². The third-order valence-electron chi connectivity index (χ3n) is 4.66. The van der Waals surface area contributed by atoms with Crippen molar-refractivity contribution in [2.24, 2.45) is 4.99 Å². The van der Waals surface area contributed by atoms with Gasteiger partial charge in [0.15, 0.2) is 5.96 Å². The second kappa shape index (κ2) is 12.8. The van der Waals surface area contributed by atoms with Crippen LogP contribution in [0.4, 0.5) is 0 Å². The third kappa shape index (κ3) is 7.98. The fraction of sp³-hybridized carbons (Fsp3) is 0.632. The molecule has 1 aliphatic rings. The van der Waals surface area contributed by atoms with Crippen molar-refractivity contribution in [3.8, 4) is 0 Å². The van der Waals surface area contributed by atoms with E-state index < -0.39 is 0 Å². The SMILES string of the molecule is CCNC(=NCC(C)N1CCN(C)CC1)NCCc1ccccc1Cl.I. The second-order valence-electron chi connectivity index (χ2n) is 6.68. The van der Waals surface area contributed by atoms with Crippen LogP contribution >= 0.6 is 35.6 Å². The number of rotatable bonds is 7. The highest BCUT2D eigenvalue weighted by Crippen LogP contribution is 2.14. The van der Waals surface area contributed by atoms with Gasteiger partial charge < -0.3 is 15.5 Å². The van der Waals surface area contributed by atoms with Crippen LogP contribution in [0.1, 0.15) is 19.4 Å². The van der Waals surface area contributed by atoms with Gasteiger partial charge in [-0.3, -0.25) is 9.89 Å². The zero-order valence-corrected chi connectivity index (χ0v) is 19.3. The predicted octanol–water partition coefficient (Wildman–Crippen LogP) is 2.69. The molecule has 26 heavy (non-hydrogen) atoms. The zero-order valence-electron chi connectivity index (χ0n) is 16.2. The molecule has 1 unspecified atom stereocenters. The fourth-order valence-corrected chi connectivity index (χ4v) is 3.19. The molecule has 0 aromatic heterocycles. The molecule has 1 aromatic rings. The predicted molar refractivity (Wildman–Crippen MR) is 123 cm³/mol. The van der Waals surface area contributed by atoms with Gasteiger partial charge in [0.2, 0.25) is 0 Å². The Hall–Kier alpha value is -0.570. The molecular weight excluding hydrogens is 461 g/mol. The Morgan fingerprint density at radius 3 is 2.54 bits per heavy atom. The van der Waals surface area contributed by atoms with Crippen molar-refractivity contribution in [1.82, 2.24) is 20.4 Å². The van der Waals surface area contributed by atoms with Crippen LogP contribution in [-0.4, -0.2) is 74.7 Å². The number of aliphatic imine (C=N–C) groups is 1. The summed E-state index contributed by atoms with van der Waals surface area (Å²) in [6, 6.07) is 8.47. The molecule has 1 fully saturated rings. The lowest BCUT2D eigenvalue weighted by Crippen LogP contribution is -2.49. The molecular formula is C19H33ClIN5. The average molecular weight is 494 g/mol. The van der Waals surface area contributed by atoms with E-state index in [1.165, 1.54) is 5.56 Å². The fourth-order valence-electron chi connectivity index (χ4n) is 2.96. The van der Waals surface area contributed by atoms with Crippen LogP contribution in [0.5, 0.6) is 0 Å². The van der Waals surface area contributed by atoms with Crippen LogP contribution in [0.15, 0.2) is 29.3 Å². The number of nitrogens with one attached hydrogen (secondary N) is 2. The first-order chi connectivity index (χ1) is 12.1. The Labute approximate surface area is 180 Å². The number of hydrogen-bond acceptors (Lipinski definition) is 3. The quantitative estimate of drug-likeness (QED) is 0.348. The van der Waals surface area contributed by atoms with Gasteiger partial charge in [0.1, 0.15) is 0 Å². The molecule has 0 bridgehead atoms. The Morgan fingerprint density at radius 1 is 1.19 bits per heavy atom. The Morgan fingerprint density at radius 2 is 1.88 bits per heavy atom. The largest absolute Gasteiger partial charge is 0.357 e. The summed E-state index contributed by atoms with van der Waals surface area (Å²) in [4.78, 5) is 9.67. The number of halogens is 2. The number of benzene rings is 1. The summed E-state index contributed by atoms with van der Waals surface area (Å²) >= 11 is 6.22. The topological polar surface area (TPSA) is 42.9 Å². The summed E-state index contributed by atoms with van der Waals surface area (Å²) in [5.74, 6) is 0.885. The summed E-state index contributed by atoms with van der Waals surface area (Å²) < 4.78 is 0. The van der Waals surface area contributed by atoms with Crippen LogP contribution in [0.2, 0.25) is 5.02 Å². The van der Waals surface area contributed by atoms with Gasteiger partial charge in [0, 0.05) is 50.3 Å². The molecule has 1 saturated heterocycles. The van der Waals surface area contributed by atoms with E-state index in [0.29, 0.717) is 6.04 Å². The van der Waals surface area contributed by atoms with E-state index in [4.69, 9.17) is 16.6 Å². The van der Waals surface area contributed by atoms with Gasteiger partial charge in [-0.05, 0) is 38.9 Å². The van der Waals surface area contributed by atoms with Gasteiger partial charge in [-0.1, -0.05) is 29.8 Å². The maximum atomic E-state index is 6.22. The zero-order chi connectivity index (χ0) is 18.1. The van der Waals surface area contributed by atoms with Gasteiger partial charge in [0.05, 0.1) is 6.54 Å². The molecule has 1 atom stereocenters. The number of nitrogens with zero attached hydrogens (tertiary/aromatic N) is 3. The highest BCUT2D eigenvalue weighted by Gasteiger charge is 2.18. The second-order valence-corrected chi connectivity index (χ2v) is 7.08. The van der Waals surface area contributed by atoms with E-state index in [0.717, 1.165) is 63.2 Å². The van der Waals surface area contributed by atoms with E-state index in [1.54, 1.807) is 0 Å². The van der Waals surface area contributed by atoms with Gasteiger partial charge in [-0.2, -0.15) is 0 Å². The van der Waals surface area contributed by atoms with Crippen molar-refractivity contribution in [1.29, 1.82) is 0 Å². The maximum Gasteiger partial charge on any atom is 0.191 e.